The summed E-state index contributed by atoms with van der Waals surface area (Å²) in [6.45, 7) is 3.81. The van der Waals surface area contributed by atoms with Crippen molar-refractivity contribution in [2.45, 2.75) is 51.5 Å². The van der Waals surface area contributed by atoms with Gasteiger partial charge in [-0.3, -0.25) is 14.3 Å². The molecule has 2 rings (SSSR count). The van der Waals surface area contributed by atoms with Crippen molar-refractivity contribution >= 4 is 11.9 Å². The predicted molar refractivity (Wildman–Crippen MR) is 73.4 cm³/mol. The maximum Gasteiger partial charge on any atom is 0.305 e. The molecule has 1 fully saturated rings. The SMILES string of the molecule is Cc1nn(C)c(C)c1CC(=O)NC1(CC(=O)O)CCC1. The highest BCUT2D eigenvalue weighted by molar-refractivity contribution is 5.81. The van der Waals surface area contributed by atoms with E-state index in [-0.39, 0.29) is 18.7 Å². The van der Waals surface area contributed by atoms with Gasteiger partial charge in [0.1, 0.15) is 0 Å². The van der Waals surface area contributed by atoms with E-state index in [1.54, 1.807) is 4.68 Å². The number of amides is 1. The molecule has 1 amide bonds. The van der Waals surface area contributed by atoms with E-state index in [9.17, 15) is 9.59 Å². The minimum Gasteiger partial charge on any atom is -0.481 e. The number of nitrogens with zero attached hydrogens (tertiary/aromatic N) is 2. The topological polar surface area (TPSA) is 84.2 Å². The molecule has 0 aliphatic heterocycles. The molecule has 0 unspecified atom stereocenters. The first-order valence-corrected chi connectivity index (χ1v) is 6.85. The van der Waals surface area contributed by atoms with Crippen molar-refractivity contribution in [3.05, 3.63) is 17.0 Å². The molecule has 1 aromatic heterocycles. The lowest BCUT2D eigenvalue weighted by atomic mass is 9.74. The molecule has 0 aromatic carbocycles. The fourth-order valence-electron chi connectivity index (χ4n) is 2.81. The van der Waals surface area contributed by atoms with E-state index in [1.807, 2.05) is 20.9 Å². The summed E-state index contributed by atoms with van der Waals surface area (Å²) in [4.78, 5) is 23.1. The smallest absolute Gasteiger partial charge is 0.305 e. The molecule has 0 radical (unpaired) electrons. The molecule has 2 N–H and O–H groups in total. The molecule has 1 aromatic rings. The third-order valence-corrected chi connectivity index (χ3v) is 4.20. The van der Waals surface area contributed by atoms with Gasteiger partial charge in [0.25, 0.3) is 0 Å². The second-order valence-electron chi connectivity index (χ2n) is 5.70. The van der Waals surface area contributed by atoms with E-state index in [1.165, 1.54) is 0 Å². The molecule has 6 nitrogen and oxygen atoms in total. The average Bonchev–Trinajstić information content (AvgIpc) is 2.52. The molecule has 0 saturated heterocycles. The molecule has 20 heavy (non-hydrogen) atoms. The van der Waals surface area contributed by atoms with Crippen LogP contribution in [-0.4, -0.2) is 32.3 Å². The second kappa shape index (κ2) is 5.26. The number of carboxylic acids is 1. The Morgan fingerprint density at radius 1 is 1.40 bits per heavy atom. The van der Waals surface area contributed by atoms with Crippen LogP contribution >= 0.6 is 0 Å². The first kappa shape index (κ1) is 14.6. The number of hydrogen-bond donors (Lipinski definition) is 2. The largest absolute Gasteiger partial charge is 0.481 e. The number of aromatic nitrogens is 2. The zero-order chi connectivity index (χ0) is 14.9. The minimum atomic E-state index is -0.862. The van der Waals surface area contributed by atoms with Gasteiger partial charge in [-0.05, 0) is 33.1 Å². The summed E-state index contributed by atoms with van der Waals surface area (Å²) in [6, 6.07) is 0. The zero-order valence-corrected chi connectivity index (χ0v) is 12.2. The van der Waals surface area contributed by atoms with Crippen molar-refractivity contribution in [3.63, 3.8) is 0 Å². The first-order chi connectivity index (χ1) is 9.33. The fourth-order valence-corrected chi connectivity index (χ4v) is 2.81. The van der Waals surface area contributed by atoms with Gasteiger partial charge in [0.2, 0.25) is 5.91 Å². The summed E-state index contributed by atoms with van der Waals surface area (Å²) < 4.78 is 1.76. The Morgan fingerprint density at radius 3 is 2.45 bits per heavy atom. The summed E-state index contributed by atoms with van der Waals surface area (Å²) >= 11 is 0. The fraction of sp³-hybridized carbons (Fsp3) is 0.643. The van der Waals surface area contributed by atoms with Gasteiger partial charge in [-0.15, -0.1) is 0 Å². The summed E-state index contributed by atoms with van der Waals surface area (Å²) in [5, 5.41) is 16.1. The number of aliphatic carboxylic acids is 1. The van der Waals surface area contributed by atoms with Gasteiger partial charge in [0.15, 0.2) is 0 Å². The molecule has 0 bridgehead atoms. The lowest BCUT2D eigenvalue weighted by molar-refractivity contribution is -0.140. The number of nitrogens with one attached hydrogen (secondary N) is 1. The van der Waals surface area contributed by atoms with Crippen LogP contribution in [0.1, 0.15) is 42.6 Å². The monoisotopic (exact) mass is 279 g/mol. The Balaban J connectivity index is 2.03. The van der Waals surface area contributed by atoms with Crippen LogP contribution < -0.4 is 5.32 Å². The van der Waals surface area contributed by atoms with Crippen LogP contribution in [0.5, 0.6) is 0 Å². The average molecular weight is 279 g/mol. The summed E-state index contributed by atoms with van der Waals surface area (Å²) in [5.74, 6) is -0.983. The molecule has 0 spiro atoms. The standard InChI is InChI=1S/C14H21N3O3/c1-9-11(10(2)17(3)16-9)7-12(18)15-14(5-4-6-14)8-13(19)20/h4-8H2,1-3H3,(H,15,18)(H,19,20). The molecule has 1 aliphatic carbocycles. The lowest BCUT2D eigenvalue weighted by Gasteiger charge is -2.41. The molecule has 1 heterocycles. The Kier molecular flexibility index (Phi) is 3.83. The molecule has 6 heteroatoms. The zero-order valence-electron chi connectivity index (χ0n) is 12.2. The van der Waals surface area contributed by atoms with Crippen molar-refractivity contribution in [1.29, 1.82) is 0 Å². The van der Waals surface area contributed by atoms with Crippen molar-refractivity contribution in [1.82, 2.24) is 15.1 Å². The number of hydrogen-bond acceptors (Lipinski definition) is 3. The highest BCUT2D eigenvalue weighted by Crippen LogP contribution is 2.35. The van der Waals surface area contributed by atoms with E-state index in [2.05, 4.69) is 10.4 Å². The van der Waals surface area contributed by atoms with Gasteiger partial charge in [0.05, 0.1) is 24.1 Å². The highest BCUT2D eigenvalue weighted by Gasteiger charge is 2.40. The number of carbonyl (C=O) groups excluding carboxylic acids is 1. The van der Waals surface area contributed by atoms with Crippen LogP contribution in [0.15, 0.2) is 0 Å². The summed E-state index contributed by atoms with van der Waals surface area (Å²) in [6.07, 6.45) is 2.72. The number of carboxylic acid groups (broad SMARTS) is 1. The maximum atomic E-state index is 12.2. The van der Waals surface area contributed by atoms with Gasteiger partial charge in [-0.25, -0.2) is 0 Å². The molecular weight excluding hydrogens is 258 g/mol. The summed E-state index contributed by atoms with van der Waals surface area (Å²) in [7, 11) is 1.85. The van der Waals surface area contributed by atoms with E-state index < -0.39 is 11.5 Å². The molecule has 1 aliphatic rings. The van der Waals surface area contributed by atoms with Crippen molar-refractivity contribution in [3.8, 4) is 0 Å². The van der Waals surface area contributed by atoms with Gasteiger partial charge < -0.3 is 10.4 Å². The molecule has 110 valence electrons. The van der Waals surface area contributed by atoms with Crippen molar-refractivity contribution < 1.29 is 14.7 Å². The predicted octanol–water partition coefficient (Wildman–Crippen LogP) is 1.09. The summed E-state index contributed by atoms with van der Waals surface area (Å²) in [5.41, 5.74) is 2.21. The third-order valence-electron chi connectivity index (χ3n) is 4.20. The van der Waals surface area contributed by atoms with E-state index in [0.29, 0.717) is 0 Å². The second-order valence-corrected chi connectivity index (χ2v) is 5.70. The normalized spacial score (nSPS) is 16.6. The Morgan fingerprint density at radius 2 is 2.05 bits per heavy atom. The Hall–Kier alpha value is -1.85. The lowest BCUT2D eigenvalue weighted by Crippen LogP contribution is -2.55. The van der Waals surface area contributed by atoms with Crippen LogP contribution in [0.3, 0.4) is 0 Å². The van der Waals surface area contributed by atoms with Crippen LogP contribution in [0, 0.1) is 13.8 Å². The Labute approximate surface area is 118 Å². The molecular formula is C14H21N3O3. The van der Waals surface area contributed by atoms with Crippen LogP contribution in [-0.2, 0) is 23.1 Å². The number of rotatable bonds is 5. The third kappa shape index (κ3) is 2.84. The van der Waals surface area contributed by atoms with Crippen molar-refractivity contribution in [2.75, 3.05) is 0 Å². The minimum absolute atomic E-state index is 0.00371. The van der Waals surface area contributed by atoms with Crippen LogP contribution in [0.4, 0.5) is 0 Å². The van der Waals surface area contributed by atoms with Gasteiger partial charge >= 0.3 is 5.97 Å². The Bertz CT molecular complexity index is 544. The van der Waals surface area contributed by atoms with Gasteiger partial charge in [-0.2, -0.15) is 5.10 Å². The van der Waals surface area contributed by atoms with E-state index in [0.717, 1.165) is 36.2 Å². The highest BCUT2D eigenvalue weighted by atomic mass is 16.4. The van der Waals surface area contributed by atoms with E-state index >= 15 is 0 Å². The van der Waals surface area contributed by atoms with Gasteiger partial charge in [0, 0.05) is 18.3 Å². The quantitative estimate of drug-likeness (QED) is 0.845. The van der Waals surface area contributed by atoms with Crippen LogP contribution in [0.25, 0.3) is 0 Å². The first-order valence-electron chi connectivity index (χ1n) is 6.85. The van der Waals surface area contributed by atoms with Crippen LogP contribution in [0.2, 0.25) is 0 Å². The number of aryl methyl sites for hydroxylation is 2. The number of carbonyl (C=O) groups is 2. The van der Waals surface area contributed by atoms with Gasteiger partial charge in [-0.1, -0.05) is 0 Å². The molecule has 1 saturated carbocycles. The van der Waals surface area contributed by atoms with Crippen molar-refractivity contribution in [2.24, 2.45) is 7.05 Å². The molecule has 0 atom stereocenters. The maximum absolute atomic E-state index is 12.2. The van der Waals surface area contributed by atoms with E-state index in [4.69, 9.17) is 5.11 Å².